The van der Waals surface area contributed by atoms with Crippen molar-refractivity contribution in [3.05, 3.63) is 63.8 Å². The molecule has 1 aromatic carbocycles. The molecule has 0 unspecified atom stereocenters. The molecule has 4 nitrogen and oxygen atoms in total. The van der Waals surface area contributed by atoms with Gasteiger partial charge in [0.2, 0.25) is 5.92 Å². The number of alkyl halides is 2. The third kappa shape index (κ3) is 3.94. The molecule has 0 radical (unpaired) electrons. The van der Waals surface area contributed by atoms with Crippen LogP contribution in [0.2, 0.25) is 0 Å². The lowest BCUT2D eigenvalue weighted by molar-refractivity contribution is -0.0883. The molecule has 0 bridgehead atoms. The van der Waals surface area contributed by atoms with Gasteiger partial charge in [-0.15, -0.1) is 0 Å². The Hall–Kier alpha value is -2.28. The van der Waals surface area contributed by atoms with Gasteiger partial charge in [0.05, 0.1) is 5.69 Å². The maximum absolute atomic E-state index is 13.1. The number of aromatic amines is 1. The zero-order chi connectivity index (χ0) is 19.9. The van der Waals surface area contributed by atoms with Crippen LogP contribution in [0.3, 0.4) is 0 Å². The normalized spacial score (nSPS) is 16.0. The minimum Gasteiger partial charge on any atom is -0.487 e. The van der Waals surface area contributed by atoms with Gasteiger partial charge in [-0.05, 0) is 65.2 Å². The van der Waals surface area contributed by atoms with Gasteiger partial charge in [0.15, 0.2) is 0 Å². The Kier molecular flexibility index (Phi) is 4.95. The SMILES string of the molecule is Cc1ccc(COc2ccc(-c3nc(C4CC(F)(F)C4)[nH]c3Br)cc2C)nc1. The Morgan fingerprint density at radius 1 is 1.21 bits per heavy atom. The summed E-state index contributed by atoms with van der Waals surface area (Å²) < 4.78 is 32.9. The van der Waals surface area contributed by atoms with E-state index in [0.29, 0.717) is 17.0 Å². The molecule has 0 spiro atoms. The van der Waals surface area contributed by atoms with Gasteiger partial charge in [0.1, 0.15) is 28.5 Å². The van der Waals surface area contributed by atoms with Crippen molar-refractivity contribution >= 4 is 15.9 Å². The van der Waals surface area contributed by atoms with E-state index in [0.717, 1.165) is 33.8 Å². The van der Waals surface area contributed by atoms with Gasteiger partial charge in [-0.3, -0.25) is 4.98 Å². The number of aryl methyl sites for hydroxylation is 2. The molecular weight excluding hydrogens is 428 g/mol. The van der Waals surface area contributed by atoms with Crippen LogP contribution >= 0.6 is 15.9 Å². The lowest BCUT2D eigenvalue weighted by Gasteiger charge is -2.33. The Labute approximate surface area is 170 Å². The molecule has 2 heterocycles. The van der Waals surface area contributed by atoms with Crippen LogP contribution in [0.5, 0.6) is 5.75 Å². The van der Waals surface area contributed by atoms with Crippen molar-refractivity contribution in [3.63, 3.8) is 0 Å². The average Bonchev–Trinajstić information content (AvgIpc) is 3.01. The van der Waals surface area contributed by atoms with Crippen LogP contribution in [0.1, 0.15) is 41.4 Å². The Morgan fingerprint density at radius 3 is 2.64 bits per heavy atom. The highest BCUT2D eigenvalue weighted by Gasteiger charge is 2.47. The van der Waals surface area contributed by atoms with Crippen LogP contribution in [-0.4, -0.2) is 20.9 Å². The van der Waals surface area contributed by atoms with Crippen molar-refractivity contribution < 1.29 is 13.5 Å². The molecule has 1 N–H and O–H groups in total. The quantitative estimate of drug-likeness (QED) is 0.526. The highest BCUT2D eigenvalue weighted by Crippen LogP contribution is 2.48. The minimum atomic E-state index is -2.56. The Balaban J connectivity index is 1.48. The molecule has 3 aromatic rings. The van der Waals surface area contributed by atoms with Crippen LogP contribution in [0.15, 0.2) is 41.1 Å². The van der Waals surface area contributed by atoms with Crippen LogP contribution in [0.4, 0.5) is 8.78 Å². The first-order valence-electron chi connectivity index (χ1n) is 9.09. The Bertz CT molecular complexity index is 993. The first kappa shape index (κ1) is 19.1. The number of nitrogens with zero attached hydrogens (tertiary/aromatic N) is 2. The molecule has 0 aliphatic heterocycles. The van der Waals surface area contributed by atoms with Gasteiger partial charge in [-0.1, -0.05) is 6.07 Å². The van der Waals surface area contributed by atoms with Crippen molar-refractivity contribution in [3.8, 4) is 17.0 Å². The van der Waals surface area contributed by atoms with Crippen molar-refractivity contribution in [1.82, 2.24) is 15.0 Å². The predicted octanol–water partition coefficient (Wildman–Crippen LogP) is 5.94. The minimum absolute atomic E-state index is 0.148. The maximum Gasteiger partial charge on any atom is 0.249 e. The average molecular weight is 448 g/mol. The molecule has 1 fully saturated rings. The summed E-state index contributed by atoms with van der Waals surface area (Å²) in [5.41, 5.74) is 4.57. The summed E-state index contributed by atoms with van der Waals surface area (Å²) in [4.78, 5) is 12.0. The second-order valence-electron chi connectivity index (χ2n) is 7.34. The fraction of sp³-hybridized carbons (Fsp3) is 0.333. The van der Waals surface area contributed by atoms with Gasteiger partial charge in [-0.2, -0.15) is 0 Å². The molecule has 4 rings (SSSR count). The molecule has 7 heteroatoms. The number of benzene rings is 1. The number of imidazole rings is 1. The fourth-order valence-electron chi connectivity index (χ4n) is 3.30. The van der Waals surface area contributed by atoms with E-state index in [1.165, 1.54) is 0 Å². The highest BCUT2D eigenvalue weighted by molar-refractivity contribution is 9.10. The topological polar surface area (TPSA) is 50.8 Å². The number of ether oxygens (including phenoxy) is 1. The summed E-state index contributed by atoms with van der Waals surface area (Å²) in [5, 5.41) is 0. The summed E-state index contributed by atoms with van der Waals surface area (Å²) in [7, 11) is 0. The van der Waals surface area contributed by atoms with E-state index in [1.807, 2.05) is 50.4 Å². The first-order chi connectivity index (χ1) is 13.3. The predicted molar refractivity (Wildman–Crippen MR) is 107 cm³/mol. The molecule has 1 saturated carbocycles. The van der Waals surface area contributed by atoms with Crippen molar-refractivity contribution in [2.24, 2.45) is 0 Å². The number of pyridine rings is 1. The second-order valence-corrected chi connectivity index (χ2v) is 8.13. The van der Waals surface area contributed by atoms with E-state index in [2.05, 4.69) is 30.9 Å². The van der Waals surface area contributed by atoms with E-state index in [4.69, 9.17) is 4.74 Å². The monoisotopic (exact) mass is 447 g/mol. The molecule has 146 valence electrons. The van der Waals surface area contributed by atoms with Crippen LogP contribution in [0.25, 0.3) is 11.3 Å². The van der Waals surface area contributed by atoms with Gasteiger partial charge < -0.3 is 9.72 Å². The summed E-state index contributed by atoms with van der Waals surface area (Å²) in [6, 6.07) is 9.76. The molecule has 0 amide bonds. The number of rotatable bonds is 5. The summed E-state index contributed by atoms with van der Waals surface area (Å²) >= 11 is 3.47. The maximum atomic E-state index is 13.1. The summed E-state index contributed by atoms with van der Waals surface area (Å²) in [6.07, 6.45) is 1.52. The molecule has 0 saturated heterocycles. The third-order valence-electron chi connectivity index (χ3n) is 4.95. The summed E-state index contributed by atoms with van der Waals surface area (Å²) in [5.74, 6) is -1.40. The zero-order valence-corrected chi connectivity index (χ0v) is 17.2. The van der Waals surface area contributed by atoms with E-state index < -0.39 is 5.92 Å². The number of hydrogen-bond donors (Lipinski definition) is 1. The molecular formula is C21H20BrF2N3O. The van der Waals surface area contributed by atoms with E-state index in [-0.39, 0.29) is 18.8 Å². The lowest BCUT2D eigenvalue weighted by atomic mass is 9.81. The van der Waals surface area contributed by atoms with E-state index in [9.17, 15) is 8.78 Å². The van der Waals surface area contributed by atoms with Crippen molar-refractivity contribution in [2.45, 2.75) is 45.1 Å². The molecule has 28 heavy (non-hydrogen) atoms. The molecule has 2 aromatic heterocycles. The van der Waals surface area contributed by atoms with Crippen molar-refractivity contribution in [2.75, 3.05) is 0 Å². The highest BCUT2D eigenvalue weighted by atomic mass is 79.9. The van der Waals surface area contributed by atoms with Gasteiger partial charge in [-0.25, -0.2) is 13.8 Å². The number of H-pyrrole nitrogens is 1. The number of aromatic nitrogens is 3. The van der Waals surface area contributed by atoms with E-state index >= 15 is 0 Å². The number of halogens is 3. The van der Waals surface area contributed by atoms with Gasteiger partial charge >= 0.3 is 0 Å². The standard InChI is InChI=1S/C21H20BrF2N3O/c1-12-3-5-16(25-10-12)11-28-17-6-4-14(7-13(17)2)18-19(22)27-20(26-18)15-8-21(23,24)9-15/h3-7,10,15H,8-9,11H2,1-2H3,(H,26,27). The third-order valence-corrected chi connectivity index (χ3v) is 5.53. The Morgan fingerprint density at radius 2 is 2.00 bits per heavy atom. The number of hydrogen-bond acceptors (Lipinski definition) is 3. The van der Waals surface area contributed by atoms with Gasteiger partial charge in [0, 0.05) is 30.5 Å². The zero-order valence-electron chi connectivity index (χ0n) is 15.6. The van der Waals surface area contributed by atoms with Crippen LogP contribution < -0.4 is 4.74 Å². The lowest BCUT2D eigenvalue weighted by Crippen LogP contribution is -2.34. The molecule has 0 atom stereocenters. The van der Waals surface area contributed by atoms with E-state index in [1.54, 1.807) is 0 Å². The van der Waals surface area contributed by atoms with Crippen molar-refractivity contribution in [1.29, 1.82) is 0 Å². The first-order valence-corrected chi connectivity index (χ1v) is 9.88. The molecule has 1 aliphatic carbocycles. The van der Waals surface area contributed by atoms with Crippen LogP contribution in [-0.2, 0) is 6.61 Å². The largest absolute Gasteiger partial charge is 0.487 e. The second kappa shape index (κ2) is 7.28. The fourth-order valence-corrected chi connectivity index (χ4v) is 3.82. The molecule has 1 aliphatic rings. The van der Waals surface area contributed by atoms with Crippen LogP contribution in [0, 0.1) is 13.8 Å². The summed E-state index contributed by atoms with van der Waals surface area (Å²) in [6.45, 7) is 4.36. The van der Waals surface area contributed by atoms with Gasteiger partial charge in [0.25, 0.3) is 0 Å². The number of nitrogens with one attached hydrogen (secondary N) is 1. The smallest absolute Gasteiger partial charge is 0.249 e.